The third-order valence-corrected chi connectivity index (χ3v) is 3.17. The van der Waals surface area contributed by atoms with Crippen LogP contribution < -0.4 is 4.74 Å². The molecule has 0 saturated carbocycles. The molecular weight excluding hydrogens is 186 g/mol. The van der Waals surface area contributed by atoms with Gasteiger partial charge in [-0.15, -0.1) is 0 Å². The van der Waals surface area contributed by atoms with Gasteiger partial charge in [-0.1, -0.05) is 12.1 Å². The van der Waals surface area contributed by atoms with E-state index in [1.54, 1.807) is 7.11 Å². The first-order valence-corrected chi connectivity index (χ1v) is 5.49. The van der Waals surface area contributed by atoms with Crippen LogP contribution in [0.25, 0.3) is 0 Å². The summed E-state index contributed by atoms with van der Waals surface area (Å²) in [6, 6.07) is 8.46. The van der Waals surface area contributed by atoms with Crippen LogP contribution in [0.2, 0.25) is 0 Å². The van der Waals surface area contributed by atoms with Crippen molar-refractivity contribution < 1.29 is 4.74 Å². The Morgan fingerprint density at radius 3 is 2.33 bits per heavy atom. The van der Waals surface area contributed by atoms with Crippen molar-refractivity contribution >= 4 is 0 Å². The zero-order valence-electron chi connectivity index (χ0n) is 9.28. The molecule has 0 radical (unpaired) electrons. The Kier molecular flexibility index (Phi) is 3.27. The summed E-state index contributed by atoms with van der Waals surface area (Å²) < 4.78 is 5.16. The number of hydrogen-bond donors (Lipinski definition) is 0. The van der Waals surface area contributed by atoms with Gasteiger partial charge in [0.2, 0.25) is 0 Å². The monoisotopic (exact) mass is 204 g/mol. The summed E-state index contributed by atoms with van der Waals surface area (Å²) in [4.78, 5) is 2.15. The second-order valence-corrected chi connectivity index (χ2v) is 4.17. The summed E-state index contributed by atoms with van der Waals surface area (Å²) in [5, 5.41) is 0. The first kappa shape index (κ1) is 10.5. The molecule has 1 aromatic rings. The van der Waals surface area contributed by atoms with E-state index in [2.05, 4.69) is 24.1 Å². The Balaban J connectivity index is 2.03. The zero-order chi connectivity index (χ0) is 10.7. The first-order valence-electron chi connectivity index (χ1n) is 5.49. The van der Waals surface area contributed by atoms with E-state index < -0.39 is 0 Å². The second kappa shape index (κ2) is 4.67. The van der Waals surface area contributed by atoms with Crippen LogP contribution in [0.4, 0.5) is 0 Å². The van der Waals surface area contributed by atoms with Gasteiger partial charge < -0.3 is 9.64 Å². The molecule has 0 N–H and O–H groups in total. The van der Waals surface area contributed by atoms with Gasteiger partial charge in [-0.05, 0) is 49.5 Å². The minimum atomic E-state index is 0.703. The minimum Gasteiger partial charge on any atom is -0.497 e. The molecule has 15 heavy (non-hydrogen) atoms. The molecule has 0 amide bonds. The molecule has 0 aliphatic carbocycles. The molecule has 1 heterocycles. The number of rotatable bonds is 2. The molecule has 1 aliphatic rings. The largest absolute Gasteiger partial charge is 0.497 e. The highest BCUT2D eigenvalue weighted by molar-refractivity contribution is 5.29. The lowest BCUT2D eigenvalue weighted by molar-refractivity contribution is 0.280. The Bertz CT molecular complexity index is 299. The molecule has 2 rings (SSSR count). The van der Waals surface area contributed by atoms with Gasteiger partial charge in [-0.25, -0.2) is 0 Å². The topological polar surface area (TPSA) is 12.5 Å². The normalized spacial score (nSPS) is 19.1. The van der Waals surface area contributed by atoms with Gasteiger partial charge in [-0.2, -0.15) is 0 Å². The highest BCUT2D eigenvalue weighted by Crippen LogP contribution is 2.28. The fourth-order valence-electron chi connectivity index (χ4n) is 2.14. The minimum absolute atomic E-state index is 0.703. The summed E-state index contributed by atoms with van der Waals surface area (Å²) in [6.45, 7) is 2.22. The smallest absolute Gasteiger partial charge is 0.118 e. The van der Waals surface area contributed by atoms with Crippen molar-refractivity contribution in [2.75, 3.05) is 20.2 Å². The fourth-order valence-corrected chi connectivity index (χ4v) is 2.14. The van der Waals surface area contributed by atoms with E-state index in [0.29, 0.717) is 5.92 Å². The lowest BCUT2D eigenvalue weighted by Gasteiger charge is -2.34. The van der Waals surface area contributed by atoms with Crippen LogP contribution in [0.15, 0.2) is 24.3 Å². The molecule has 1 saturated heterocycles. The predicted octanol–water partition coefficient (Wildman–Crippen LogP) is 2.67. The summed E-state index contributed by atoms with van der Waals surface area (Å²) in [5.74, 6) is 1.64. The molecule has 1 aliphatic heterocycles. The maximum Gasteiger partial charge on any atom is 0.118 e. The molecule has 1 fully saturated rings. The van der Waals surface area contributed by atoms with Crippen LogP contribution in [0.3, 0.4) is 0 Å². The van der Waals surface area contributed by atoms with Gasteiger partial charge in [0.25, 0.3) is 0 Å². The summed E-state index contributed by atoms with van der Waals surface area (Å²) >= 11 is 0. The summed E-state index contributed by atoms with van der Waals surface area (Å²) in [7, 11) is 5.67. The Morgan fingerprint density at radius 1 is 1.20 bits per heavy atom. The molecule has 0 aromatic heterocycles. The van der Waals surface area contributed by atoms with E-state index in [-0.39, 0.29) is 0 Å². The second-order valence-electron chi connectivity index (χ2n) is 4.17. The summed E-state index contributed by atoms with van der Waals surface area (Å²) in [6.07, 6.45) is 2.44. The maximum absolute atomic E-state index is 5.16. The molecule has 0 bridgehead atoms. The predicted molar refractivity (Wildman–Crippen MR) is 61.9 cm³/mol. The maximum atomic E-state index is 5.16. The lowest BCUT2D eigenvalue weighted by atomic mass is 9.90. The molecule has 0 unspecified atom stereocenters. The van der Waals surface area contributed by atoms with Crippen molar-refractivity contribution in [1.82, 2.24) is 4.90 Å². The molecular formula is C13H18NO-. The SMILES string of the molecule is [CH2-]N1CCC(c2ccc(OC)cc2)CC1. The van der Waals surface area contributed by atoms with Crippen LogP contribution >= 0.6 is 0 Å². The Hall–Kier alpha value is -1.02. The molecule has 0 spiro atoms. The van der Waals surface area contributed by atoms with Crippen molar-refractivity contribution in [1.29, 1.82) is 0 Å². The van der Waals surface area contributed by atoms with Gasteiger partial charge in [-0.3, -0.25) is 7.05 Å². The Morgan fingerprint density at radius 2 is 1.80 bits per heavy atom. The molecule has 2 nitrogen and oxygen atoms in total. The van der Waals surface area contributed by atoms with Crippen LogP contribution in [0.5, 0.6) is 5.75 Å². The van der Waals surface area contributed by atoms with E-state index >= 15 is 0 Å². The quantitative estimate of drug-likeness (QED) is 0.687. The molecule has 1 aromatic carbocycles. The van der Waals surface area contributed by atoms with Crippen molar-refractivity contribution in [3.8, 4) is 5.75 Å². The number of benzene rings is 1. The third-order valence-electron chi connectivity index (χ3n) is 3.17. The lowest BCUT2D eigenvalue weighted by Crippen LogP contribution is -2.27. The highest BCUT2D eigenvalue weighted by Gasteiger charge is 2.15. The van der Waals surface area contributed by atoms with Crippen LogP contribution in [-0.4, -0.2) is 25.1 Å². The van der Waals surface area contributed by atoms with E-state index in [1.165, 1.54) is 18.4 Å². The molecule has 2 heteroatoms. The van der Waals surface area contributed by atoms with Crippen molar-refractivity contribution in [3.05, 3.63) is 36.9 Å². The average molecular weight is 204 g/mol. The Labute approximate surface area is 91.9 Å². The van der Waals surface area contributed by atoms with E-state index in [4.69, 9.17) is 4.74 Å². The van der Waals surface area contributed by atoms with Gasteiger partial charge in [0.15, 0.2) is 0 Å². The highest BCUT2D eigenvalue weighted by atomic mass is 16.5. The van der Waals surface area contributed by atoms with E-state index in [0.717, 1.165) is 18.8 Å². The van der Waals surface area contributed by atoms with Crippen LogP contribution in [0, 0.1) is 7.05 Å². The van der Waals surface area contributed by atoms with Crippen LogP contribution in [-0.2, 0) is 0 Å². The average Bonchev–Trinajstić information content (AvgIpc) is 2.30. The van der Waals surface area contributed by atoms with Crippen molar-refractivity contribution in [2.24, 2.45) is 0 Å². The van der Waals surface area contributed by atoms with E-state index in [1.807, 2.05) is 12.1 Å². The number of likely N-dealkylation sites (tertiary alicyclic amines) is 1. The van der Waals surface area contributed by atoms with Crippen molar-refractivity contribution in [2.45, 2.75) is 18.8 Å². The molecule has 0 atom stereocenters. The number of nitrogens with zero attached hydrogens (tertiary/aromatic N) is 1. The number of hydrogen-bond acceptors (Lipinski definition) is 2. The van der Waals surface area contributed by atoms with Gasteiger partial charge >= 0.3 is 0 Å². The number of methoxy groups -OCH3 is 1. The number of piperidine rings is 1. The van der Waals surface area contributed by atoms with Crippen molar-refractivity contribution in [3.63, 3.8) is 0 Å². The number of ether oxygens (including phenoxy) is 1. The first-order chi connectivity index (χ1) is 7.29. The van der Waals surface area contributed by atoms with Crippen LogP contribution in [0.1, 0.15) is 24.3 Å². The zero-order valence-corrected chi connectivity index (χ0v) is 9.28. The van der Waals surface area contributed by atoms with Gasteiger partial charge in [0.05, 0.1) is 7.11 Å². The molecule has 82 valence electrons. The van der Waals surface area contributed by atoms with Gasteiger partial charge in [0, 0.05) is 0 Å². The standard InChI is InChI=1S/C13H18NO/c1-14-9-7-12(8-10-14)11-3-5-13(15-2)6-4-11/h3-6,12H,1,7-10H2,2H3/q-1. The van der Waals surface area contributed by atoms with E-state index in [9.17, 15) is 0 Å². The third kappa shape index (κ3) is 2.51. The van der Waals surface area contributed by atoms with Gasteiger partial charge in [0.1, 0.15) is 5.75 Å². The fraction of sp³-hybridized carbons (Fsp3) is 0.462. The summed E-state index contributed by atoms with van der Waals surface area (Å²) in [5.41, 5.74) is 1.43.